The van der Waals surface area contributed by atoms with E-state index in [0.717, 1.165) is 31.5 Å². The molecule has 118 valence electrons. The van der Waals surface area contributed by atoms with Crippen LogP contribution < -0.4 is 4.90 Å². The molecule has 0 bridgehead atoms. The van der Waals surface area contributed by atoms with Crippen LogP contribution in [0.1, 0.15) is 38.2 Å². The fourth-order valence-electron chi connectivity index (χ4n) is 3.85. The molecule has 2 aliphatic heterocycles. The zero-order valence-corrected chi connectivity index (χ0v) is 12.9. The van der Waals surface area contributed by atoms with E-state index in [0.29, 0.717) is 25.2 Å². The third-order valence-corrected chi connectivity index (χ3v) is 5.00. The Bertz CT molecular complexity index is 565. The van der Waals surface area contributed by atoms with Crippen LogP contribution in [0, 0.1) is 23.0 Å². The number of benzene rings is 1. The number of rotatable bonds is 2. The zero-order valence-electron chi connectivity index (χ0n) is 12.9. The van der Waals surface area contributed by atoms with Gasteiger partial charge in [0.15, 0.2) is 11.6 Å². The Kier molecular flexibility index (Phi) is 4.30. The first-order chi connectivity index (χ1) is 10.6. The van der Waals surface area contributed by atoms with Crippen LogP contribution >= 0.6 is 0 Å². The minimum Gasteiger partial charge on any atom is -0.367 e. The van der Waals surface area contributed by atoms with E-state index in [1.54, 1.807) is 11.0 Å². The van der Waals surface area contributed by atoms with Crippen molar-refractivity contribution in [1.82, 2.24) is 4.90 Å². The summed E-state index contributed by atoms with van der Waals surface area (Å²) in [5.74, 6) is -1.27. The average molecular weight is 305 g/mol. The monoisotopic (exact) mass is 305 g/mol. The smallest absolute Gasteiger partial charge is 0.150 e. The summed E-state index contributed by atoms with van der Waals surface area (Å²) in [5.41, 5.74) is 0.0476. The first-order valence-electron chi connectivity index (χ1n) is 8.00. The normalized spacial score (nSPS) is 23.7. The van der Waals surface area contributed by atoms with Gasteiger partial charge in [0.1, 0.15) is 5.69 Å². The van der Waals surface area contributed by atoms with Gasteiger partial charge in [-0.1, -0.05) is 0 Å². The van der Waals surface area contributed by atoms with E-state index in [1.807, 2.05) is 0 Å². The van der Waals surface area contributed by atoms with Gasteiger partial charge in [0.05, 0.1) is 11.6 Å². The summed E-state index contributed by atoms with van der Waals surface area (Å²) < 4.78 is 28.2. The molecule has 2 heterocycles. The Hall–Kier alpha value is -1.67. The van der Waals surface area contributed by atoms with Crippen molar-refractivity contribution < 1.29 is 8.78 Å². The van der Waals surface area contributed by atoms with E-state index in [4.69, 9.17) is 5.26 Å². The zero-order chi connectivity index (χ0) is 15.7. The maximum absolute atomic E-state index is 14.1. The van der Waals surface area contributed by atoms with Gasteiger partial charge in [-0.3, -0.25) is 4.90 Å². The molecular formula is C17H21F2N3. The first-order valence-corrected chi connectivity index (χ1v) is 8.00. The fraction of sp³-hybridized carbons (Fsp3) is 0.588. The number of hydrogen-bond donors (Lipinski definition) is 0. The highest BCUT2D eigenvalue weighted by molar-refractivity contribution is 5.53. The maximum atomic E-state index is 14.1. The first kappa shape index (κ1) is 15.2. The SMILES string of the molecule is CC1CCCN1C1CCN(c2c(F)cc(C#N)cc2F)CC1. The van der Waals surface area contributed by atoms with Crippen molar-refractivity contribution in [3.05, 3.63) is 29.3 Å². The quantitative estimate of drug-likeness (QED) is 0.840. The van der Waals surface area contributed by atoms with E-state index < -0.39 is 11.6 Å². The molecule has 0 aromatic heterocycles. The molecule has 0 amide bonds. The van der Waals surface area contributed by atoms with Crippen LogP contribution in [0.2, 0.25) is 0 Å². The second kappa shape index (κ2) is 6.21. The lowest BCUT2D eigenvalue weighted by atomic mass is 10.0. The molecule has 2 aliphatic rings. The molecule has 0 N–H and O–H groups in total. The highest BCUT2D eigenvalue weighted by atomic mass is 19.1. The molecule has 0 radical (unpaired) electrons. The fourth-order valence-corrected chi connectivity index (χ4v) is 3.85. The largest absolute Gasteiger partial charge is 0.367 e. The second-order valence-corrected chi connectivity index (χ2v) is 6.35. The van der Waals surface area contributed by atoms with Crippen LogP contribution in [0.25, 0.3) is 0 Å². The van der Waals surface area contributed by atoms with Crippen molar-refractivity contribution >= 4 is 5.69 Å². The van der Waals surface area contributed by atoms with Crippen molar-refractivity contribution in [2.24, 2.45) is 0 Å². The summed E-state index contributed by atoms with van der Waals surface area (Å²) in [7, 11) is 0. The number of nitriles is 1. The van der Waals surface area contributed by atoms with Crippen LogP contribution in [0.4, 0.5) is 14.5 Å². The number of halogens is 2. The van der Waals surface area contributed by atoms with Gasteiger partial charge >= 0.3 is 0 Å². The molecule has 0 spiro atoms. The van der Waals surface area contributed by atoms with Crippen molar-refractivity contribution in [2.75, 3.05) is 24.5 Å². The Morgan fingerprint density at radius 1 is 1.09 bits per heavy atom. The third kappa shape index (κ3) is 2.80. The number of hydrogen-bond acceptors (Lipinski definition) is 3. The van der Waals surface area contributed by atoms with Crippen LogP contribution in [-0.4, -0.2) is 36.6 Å². The van der Waals surface area contributed by atoms with Gasteiger partial charge < -0.3 is 4.90 Å². The van der Waals surface area contributed by atoms with Gasteiger partial charge in [-0.2, -0.15) is 5.26 Å². The Balaban J connectivity index is 1.70. The molecule has 1 atom stereocenters. The molecule has 1 aromatic rings. The van der Waals surface area contributed by atoms with E-state index in [1.165, 1.54) is 12.8 Å². The predicted octanol–water partition coefficient (Wildman–Crippen LogP) is 3.29. The number of likely N-dealkylation sites (tertiary alicyclic amines) is 1. The summed E-state index contributed by atoms with van der Waals surface area (Å²) in [4.78, 5) is 4.33. The van der Waals surface area contributed by atoms with Crippen molar-refractivity contribution in [3.63, 3.8) is 0 Å². The number of piperidine rings is 1. The van der Waals surface area contributed by atoms with Gasteiger partial charge in [-0.25, -0.2) is 8.78 Å². The van der Waals surface area contributed by atoms with Crippen LogP contribution in [0.3, 0.4) is 0 Å². The van der Waals surface area contributed by atoms with Crippen molar-refractivity contribution in [3.8, 4) is 6.07 Å². The lowest BCUT2D eigenvalue weighted by Crippen LogP contribution is -2.46. The number of anilines is 1. The van der Waals surface area contributed by atoms with Gasteiger partial charge in [-0.05, 0) is 51.3 Å². The van der Waals surface area contributed by atoms with Gasteiger partial charge in [-0.15, -0.1) is 0 Å². The summed E-state index contributed by atoms with van der Waals surface area (Å²) in [6.07, 6.45) is 4.37. The number of nitrogens with zero attached hydrogens (tertiary/aromatic N) is 3. The summed E-state index contributed by atoms with van der Waals surface area (Å²) in [6, 6.07) is 5.17. The minimum absolute atomic E-state index is 0.0203. The average Bonchev–Trinajstić information content (AvgIpc) is 2.93. The van der Waals surface area contributed by atoms with Crippen molar-refractivity contribution in [2.45, 2.75) is 44.7 Å². The summed E-state index contributed by atoms with van der Waals surface area (Å²) >= 11 is 0. The Labute approximate surface area is 130 Å². The Morgan fingerprint density at radius 2 is 1.73 bits per heavy atom. The molecule has 22 heavy (non-hydrogen) atoms. The van der Waals surface area contributed by atoms with Gasteiger partial charge in [0.2, 0.25) is 0 Å². The van der Waals surface area contributed by atoms with Gasteiger partial charge in [0, 0.05) is 25.2 Å². The van der Waals surface area contributed by atoms with E-state index in [2.05, 4.69) is 11.8 Å². The van der Waals surface area contributed by atoms with Crippen molar-refractivity contribution in [1.29, 1.82) is 5.26 Å². The summed E-state index contributed by atoms with van der Waals surface area (Å²) in [6.45, 7) is 4.73. The topological polar surface area (TPSA) is 30.3 Å². The lowest BCUT2D eigenvalue weighted by Gasteiger charge is -2.39. The van der Waals surface area contributed by atoms with E-state index in [-0.39, 0.29) is 11.3 Å². The molecule has 5 heteroatoms. The van der Waals surface area contributed by atoms with Gasteiger partial charge in [0.25, 0.3) is 0 Å². The standard InChI is InChI=1S/C17H21F2N3/c1-12-3-2-6-22(12)14-4-7-21(8-5-14)17-15(18)9-13(11-20)10-16(17)19/h9-10,12,14H,2-8H2,1H3. The summed E-state index contributed by atoms with van der Waals surface area (Å²) in [5, 5.41) is 8.77. The maximum Gasteiger partial charge on any atom is 0.150 e. The van der Waals surface area contributed by atoms with Crippen LogP contribution in [0.15, 0.2) is 12.1 Å². The molecular weight excluding hydrogens is 284 g/mol. The highest BCUT2D eigenvalue weighted by Gasteiger charge is 2.31. The molecule has 2 fully saturated rings. The molecule has 0 aliphatic carbocycles. The second-order valence-electron chi connectivity index (χ2n) is 6.35. The van der Waals surface area contributed by atoms with Crippen LogP contribution in [-0.2, 0) is 0 Å². The minimum atomic E-state index is -0.635. The lowest BCUT2D eigenvalue weighted by molar-refractivity contribution is 0.163. The third-order valence-electron chi connectivity index (χ3n) is 5.00. The highest BCUT2D eigenvalue weighted by Crippen LogP contribution is 2.31. The molecule has 3 rings (SSSR count). The molecule has 2 saturated heterocycles. The Morgan fingerprint density at radius 3 is 2.23 bits per heavy atom. The van der Waals surface area contributed by atoms with Crippen LogP contribution in [0.5, 0.6) is 0 Å². The molecule has 0 saturated carbocycles. The molecule has 1 aromatic carbocycles. The van der Waals surface area contributed by atoms with E-state index >= 15 is 0 Å². The van der Waals surface area contributed by atoms with E-state index in [9.17, 15) is 8.78 Å². The predicted molar refractivity (Wildman–Crippen MR) is 81.7 cm³/mol. The molecule has 3 nitrogen and oxygen atoms in total. The molecule has 1 unspecified atom stereocenters.